The molecule has 0 spiro atoms. The van der Waals surface area contributed by atoms with Crippen LogP contribution in [0.3, 0.4) is 0 Å². The summed E-state index contributed by atoms with van der Waals surface area (Å²) >= 11 is 0.850. The number of nitrogens with one attached hydrogen (secondary N) is 1. The van der Waals surface area contributed by atoms with Crippen molar-refractivity contribution in [1.29, 1.82) is 0 Å². The Balaban J connectivity index is 1.27. The van der Waals surface area contributed by atoms with Crippen molar-refractivity contribution >= 4 is 43.5 Å². The molecule has 0 aliphatic rings. The number of hydrogen-bond donors (Lipinski definition) is 1. The highest BCUT2D eigenvalue weighted by Gasteiger charge is 2.22. The van der Waals surface area contributed by atoms with Crippen LogP contribution in [0.2, 0.25) is 0 Å². The first-order valence-corrected chi connectivity index (χ1v) is 13.2. The molecule has 0 aliphatic carbocycles. The number of aromatic nitrogens is 2. The monoisotopic (exact) mass is 519 g/mol. The van der Waals surface area contributed by atoms with E-state index < -0.39 is 21.6 Å². The number of carbonyl (C=O) groups is 1. The number of halogens is 1. The molecule has 5 aromatic rings. The molecule has 1 N–H and O–H groups in total. The largest absolute Gasteiger partial charge is 0.429 e. The van der Waals surface area contributed by atoms with Crippen LogP contribution in [0.25, 0.3) is 10.8 Å². The third-order valence-electron chi connectivity index (χ3n) is 5.28. The van der Waals surface area contributed by atoms with Crippen LogP contribution < -0.4 is 10.1 Å². The number of rotatable bonds is 7. The van der Waals surface area contributed by atoms with Crippen molar-refractivity contribution in [3.63, 3.8) is 0 Å². The Morgan fingerprint density at radius 3 is 2.39 bits per heavy atom. The lowest BCUT2D eigenvalue weighted by molar-refractivity contribution is 0.102. The SMILES string of the molecule is O=C(Nc1ccc(F)cc1)c1ccc(CS(=O)(=O)c2nnc(Oc3cccc4ccccc34)s2)cc1. The lowest BCUT2D eigenvalue weighted by Crippen LogP contribution is -2.12. The van der Waals surface area contributed by atoms with Gasteiger partial charge in [0.25, 0.3) is 5.91 Å². The minimum absolute atomic E-state index is 0.123. The Hall–Kier alpha value is -4.15. The predicted octanol–water partition coefficient (Wildman–Crippen LogP) is 5.85. The second-order valence-electron chi connectivity index (χ2n) is 7.83. The standard InChI is InChI=1S/C26H18FN3O4S2/c27-20-12-14-21(15-13-20)28-24(31)19-10-8-17(9-11-19)16-36(32,33)26-30-29-25(35-26)34-23-7-3-5-18-4-1-2-6-22(18)23/h1-15H,16H2,(H,28,31). The number of carbonyl (C=O) groups excluding carboxylic acids is 1. The summed E-state index contributed by atoms with van der Waals surface area (Å²) in [4.78, 5) is 12.4. The second-order valence-corrected chi connectivity index (χ2v) is 10.9. The van der Waals surface area contributed by atoms with Crippen LogP contribution in [-0.2, 0) is 15.6 Å². The van der Waals surface area contributed by atoms with Crippen LogP contribution in [0.4, 0.5) is 10.1 Å². The first-order valence-electron chi connectivity index (χ1n) is 10.8. The summed E-state index contributed by atoms with van der Waals surface area (Å²) in [5.41, 5.74) is 1.27. The molecule has 7 nitrogen and oxygen atoms in total. The summed E-state index contributed by atoms with van der Waals surface area (Å²) in [6.07, 6.45) is 0. The van der Waals surface area contributed by atoms with Crippen LogP contribution in [0.15, 0.2) is 95.3 Å². The number of hydrogen-bond acceptors (Lipinski definition) is 7. The second kappa shape index (κ2) is 9.84. The highest BCUT2D eigenvalue weighted by atomic mass is 32.2. The van der Waals surface area contributed by atoms with Gasteiger partial charge < -0.3 is 10.1 Å². The molecule has 0 saturated heterocycles. The lowest BCUT2D eigenvalue weighted by atomic mass is 10.1. The third kappa shape index (κ3) is 5.24. The number of ether oxygens (including phenoxy) is 1. The number of amides is 1. The lowest BCUT2D eigenvalue weighted by Gasteiger charge is -2.06. The van der Waals surface area contributed by atoms with Crippen LogP contribution in [0, 0.1) is 5.82 Å². The van der Waals surface area contributed by atoms with Crippen molar-refractivity contribution in [2.75, 3.05) is 5.32 Å². The van der Waals surface area contributed by atoms with Crippen molar-refractivity contribution in [2.45, 2.75) is 10.1 Å². The number of nitrogens with zero attached hydrogens (tertiary/aromatic N) is 2. The number of anilines is 1. The Bertz CT molecular complexity index is 1650. The molecule has 0 saturated carbocycles. The highest BCUT2D eigenvalue weighted by molar-refractivity contribution is 7.92. The average Bonchev–Trinajstić information content (AvgIpc) is 3.36. The number of benzene rings is 4. The number of fused-ring (bicyclic) bond motifs is 1. The van der Waals surface area contributed by atoms with E-state index in [4.69, 9.17) is 4.74 Å². The van der Waals surface area contributed by atoms with Gasteiger partial charge in [0.15, 0.2) is 0 Å². The van der Waals surface area contributed by atoms with Gasteiger partial charge in [0.1, 0.15) is 11.6 Å². The summed E-state index contributed by atoms with van der Waals surface area (Å²) in [5.74, 6) is -0.547. The van der Waals surface area contributed by atoms with Crippen molar-refractivity contribution in [2.24, 2.45) is 0 Å². The summed E-state index contributed by atoms with van der Waals surface area (Å²) in [6, 6.07) is 24.8. The molecule has 10 heteroatoms. The molecule has 36 heavy (non-hydrogen) atoms. The maximum absolute atomic E-state index is 13.0. The molecule has 1 amide bonds. The molecule has 0 unspecified atom stereocenters. The predicted molar refractivity (Wildman–Crippen MR) is 136 cm³/mol. The van der Waals surface area contributed by atoms with Gasteiger partial charge in [-0.3, -0.25) is 4.79 Å². The quantitative estimate of drug-likeness (QED) is 0.290. The molecule has 5 rings (SSSR count). The van der Waals surface area contributed by atoms with Gasteiger partial charge in [0, 0.05) is 16.6 Å². The normalized spacial score (nSPS) is 11.4. The molecule has 0 fully saturated rings. The molecule has 0 aliphatic heterocycles. The van der Waals surface area contributed by atoms with Crippen molar-refractivity contribution in [3.8, 4) is 10.9 Å². The van der Waals surface area contributed by atoms with Crippen molar-refractivity contribution in [3.05, 3.63) is 108 Å². The first kappa shape index (κ1) is 23.6. The van der Waals surface area contributed by atoms with Crippen molar-refractivity contribution < 1.29 is 22.3 Å². The fraction of sp³-hybridized carbons (Fsp3) is 0.0385. The summed E-state index contributed by atoms with van der Waals surface area (Å²) < 4.78 is 44.5. The van der Waals surface area contributed by atoms with Gasteiger partial charge in [0.2, 0.25) is 14.2 Å². The molecule has 0 radical (unpaired) electrons. The fourth-order valence-electron chi connectivity index (χ4n) is 3.51. The van der Waals surface area contributed by atoms with E-state index in [1.54, 1.807) is 18.2 Å². The third-order valence-corrected chi connectivity index (χ3v) is 8.21. The van der Waals surface area contributed by atoms with Gasteiger partial charge in [-0.2, -0.15) is 0 Å². The summed E-state index contributed by atoms with van der Waals surface area (Å²) in [5, 5.41) is 12.4. The zero-order valence-corrected chi connectivity index (χ0v) is 20.2. The Morgan fingerprint density at radius 2 is 1.61 bits per heavy atom. The van der Waals surface area contributed by atoms with E-state index in [0.717, 1.165) is 22.1 Å². The fourth-order valence-corrected chi connectivity index (χ4v) is 5.78. The van der Waals surface area contributed by atoms with Gasteiger partial charge in [-0.05, 0) is 64.8 Å². The Labute approximate surface area is 210 Å². The summed E-state index contributed by atoms with van der Waals surface area (Å²) in [6.45, 7) is 0. The summed E-state index contributed by atoms with van der Waals surface area (Å²) in [7, 11) is -3.78. The molecule has 4 aromatic carbocycles. The van der Waals surface area contributed by atoms with E-state index in [-0.39, 0.29) is 15.3 Å². The topological polar surface area (TPSA) is 98.2 Å². The smallest absolute Gasteiger partial charge is 0.300 e. The zero-order chi connectivity index (χ0) is 25.1. The van der Waals surface area contributed by atoms with Gasteiger partial charge >= 0.3 is 5.19 Å². The van der Waals surface area contributed by atoms with E-state index in [2.05, 4.69) is 15.5 Å². The zero-order valence-electron chi connectivity index (χ0n) is 18.6. The molecule has 0 atom stereocenters. The number of sulfone groups is 1. The van der Waals surface area contributed by atoms with Gasteiger partial charge in [-0.1, -0.05) is 53.6 Å². The molecule has 1 aromatic heterocycles. The Kier molecular flexibility index (Phi) is 6.45. The van der Waals surface area contributed by atoms with Crippen LogP contribution in [0.5, 0.6) is 10.9 Å². The van der Waals surface area contributed by atoms with E-state index in [0.29, 0.717) is 22.6 Å². The van der Waals surface area contributed by atoms with Crippen molar-refractivity contribution in [1.82, 2.24) is 10.2 Å². The van der Waals surface area contributed by atoms with Crippen LogP contribution in [0.1, 0.15) is 15.9 Å². The maximum atomic E-state index is 13.0. The van der Waals surface area contributed by atoms with Gasteiger partial charge in [0.05, 0.1) is 5.75 Å². The van der Waals surface area contributed by atoms with Gasteiger partial charge in [-0.25, -0.2) is 12.8 Å². The van der Waals surface area contributed by atoms with E-state index in [9.17, 15) is 17.6 Å². The highest BCUT2D eigenvalue weighted by Crippen LogP contribution is 2.33. The van der Waals surface area contributed by atoms with E-state index in [1.165, 1.54) is 36.4 Å². The van der Waals surface area contributed by atoms with E-state index >= 15 is 0 Å². The van der Waals surface area contributed by atoms with E-state index in [1.807, 2.05) is 36.4 Å². The molecular weight excluding hydrogens is 501 g/mol. The van der Waals surface area contributed by atoms with Crippen LogP contribution >= 0.6 is 11.3 Å². The molecule has 180 valence electrons. The average molecular weight is 520 g/mol. The molecular formula is C26H18FN3O4S2. The van der Waals surface area contributed by atoms with Crippen LogP contribution in [-0.4, -0.2) is 24.5 Å². The first-order chi connectivity index (χ1) is 17.4. The Morgan fingerprint density at radius 1 is 0.889 bits per heavy atom. The minimum Gasteiger partial charge on any atom is -0.429 e. The maximum Gasteiger partial charge on any atom is 0.300 e. The van der Waals surface area contributed by atoms with Gasteiger partial charge in [-0.15, -0.1) is 5.10 Å². The molecule has 1 heterocycles. The molecule has 0 bridgehead atoms. The minimum atomic E-state index is -3.78.